The smallest absolute Gasteiger partial charge is 0.270 e. The first-order valence-corrected chi connectivity index (χ1v) is 9.88. The molecule has 0 saturated heterocycles. The number of amides is 1. The van der Waals surface area contributed by atoms with E-state index >= 15 is 0 Å². The van der Waals surface area contributed by atoms with Crippen LogP contribution in [0.2, 0.25) is 0 Å². The molecule has 1 aliphatic rings. The van der Waals surface area contributed by atoms with Crippen molar-refractivity contribution < 1.29 is 19.2 Å². The van der Waals surface area contributed by atoms with Crippen molar-refractivity contribution in [1.29, 1.82) is 0 Å². The van der Waals surface area contributed by atoms with E-state index in [-0.39, 0.29) is 17.6 Å². The van der Waals surface area contributed by atoms with Crippen LogP contribution in [0.5, 0.6) is 11.5 Å². The Morgan fingerprint density at radius 1 is 1.14 bits per heavy atom. The first-order valence-electron chi connectivity index (χ1n) is 9.88. The highest BCUT2D eigenvalue weighted by atomic mass is 16.6. The lowest BCUT2D eigenvalue weighted by molar-refractivity contribution is -0.384. The van der Waals surface area contributed by atoms with Crippen LogP contribution in [0.3, 0.4) is 0 Å². The van der Waals surface area contributed by atoms with E-state index in [9.17, 15) is 14.9 Å². The van der Waals surface area contributed by atoms with Crippen LogP contribution in [0.1, 0.15) is 39.0 Å². The number of carbonyl (C=O) groups excluding carboxylic acids is 1. The van der Waals surface area contributed by atoms with Crippen molar-refractivity contribution in [2.24, 2.45) is 0 Å². The van der Waals surface area contributed by atoms with E-state index in [1.54, 1.807) is 44.4 Å². The van der Waals surface area contributed by atoms with Gasteiger partial charge in [0.25, 0.3) is 11.6 Å². The van der Waals surface area contributed by atoms with Crippen LogP contribution >= 0.6 is 0 Å². The highest BCUT2D eigenvalue weighted by molar-refractivity contribution is 5.82. The zero-order valence-electron chi connectivity index (χ0n) is 16.7. The van der Waals surface area contributed by atoms with Gasteiger partial charge in [0, 0.05) is 23.7 Å². The lowest BCUT2D eigenvalue weighted by Crippen LogP contribution is -2.43. The normalized spacial score (nSPS) is 15.4. The number of non-ortho nitro benzene ring substituents is 1. The number of nitro benzene ring substituents is 1. The number of methoxy groups -OCH3 is 1. The number of benzene rings is 2. The molecular weight excluding hydrogens is 372 g/mol. The van der Waals surface area contributed by atoms with Gasteiger partial charge in [-0.3, -0.25) is 14.9 Å². The molecule has 3 rings (SSSR count). The van der Waals surface area contributed by atoms with Crippen LogP contribution in [-0.2, 0) is 4.79 Å². The molecule has 0 spiro atoms. The van der Waals surface area contributed by atoms with Crippen molar-refractivity contribution in [1.82, 2.24) is 5.32 Å². The van der Waals surface area contributed by atoms with Crippen molar-refractivity contribution in [2.75, 3.05) is 7.11 Å². The van der Waals surface area contributed by atoms with Gasteiger partial charge in [0.15, 0.2) is 6.10 Å². The Hall–Kier alpha value is -3.09. The summed E-state index contributed by atoms with van der Waals surface area (Å²) in [6, 6.07) is 11.7. The standard InChI is InChI=1S/C22H26N2O5/c1-15(22(25)23-17-6-4-3-5-7-17)29-21-13-10-18(24(26)27)14-20(21)16-8-11-19(28-2)12-9-16/h8-15,17H,3-7H2,1-2H3,(H,23,25)/t15-/m0/s1. The minimum Gasteiger partial charge on any atom is -0.497 e. The fourth-order valence-corrected chi connectivity index (χ4v) is 3.54. The van der Waals surface area contributed by atoms with Crippen LogP contribution in [0.25, 0.3) is 11.1 Å². The predicted molar refractivity (Wildman–Crippen MR) is 110 cm³/mol. The lowest BCUT2D eigenvalue weighted by Gasteiger charge is -2.25. The Morgan fingerprint density at radius 3 is 2.45 bits per heavy atom. The maximum Gasteiger partial charge on any atom is 0.270 e. The van der Waals surface area contributed by atoms with E-state index in [2.05, 4.69) is 5.32 Å². The van der Waals surface area contributed by atoms with Gasteiger partial charge in [0.2, 0.25) is 0 Å². The van der Waals surface area contributed by atoms with Crippen LogP contribution < -0.4 is 14.8 Å². The predicted octanol–water partition coefficient (Wildman–Crippen LogP) is 4.49. The van der Waals surface area contributed by atoms with Gasteiger partial charge in [-0.05, 0) is 43.5 Å². The molecule has 0 aromatic heterocycles. The van der Waals surface area contributed by atoms with Gasteiger partial charge in [-0.15, -0.1) is 0 Å². The number of hydrogen-bond acceptors (Lipinski definition) is 5. The summed E-state index contributed by atoms with van der Waals surface area (Å²) in [7, 11) is 1.57. The Labute approximate surface area is 170 Å². The molecule has 7 heteroatoms. The van der Waals surface area contributed by atoms with Crippen molar-refractivity contribution in [3.63, 3.8) is 0 Å². The summed E-state index contributed by atoms with van der Waals surface area (Å²) >= 11 is 0. The van der Waals surface area contributed by atoms with Crippen molar-refractivity contribution in [3.05, 3.63) is 52.6 Å². The molecule has 1 N–H and O–H groups in total. The van der Waals surface area contributed by atoms with Crippen molar-refractivity contribution in [2.45, 2.75) is 51.2 Å². The quantitative estimate of drug-likeness (QED) is 0.548. The molecule has 1 amide bonds. The topological polar surface area (TPSA) is 90.7 Å². The molecule has 29 heavy (non-hydrogen) atoms. The maximum absolute atomic E-state index is 12.6. The van der Waals surface area contributed by atoms with E-state index in [0.717, 1.165) is 31.2 Å². The van der Waals surface area contributed by atoms with Crippen LogP contribution in [0.4, 0.5) is 5.69 Å². The number of nitro groups is 1. The fraction of sp³-hybridized carbons (Fsp3) is 0.409. The summed E-state index contributed by atoms with van der Waals surface area (Å²) in [4.78, 5) is 23.3. The van der Waals surface area contributed by atoms with E-state index < -0.39 is 11.0 Å². The average molecular weight is 398 g/mol. The number of carbonyl (C=O) groups is 1. The van der Waals surface area contributed by atoms with E-state index in [1.165, 1.54) is 18.6 Å². The summed E-state index contributed by atoms with van der Waals surface area (Å²) in [5, 5.41) is 14.3. The molecule has 0 heterocycles. The molecule has 1 saturated carbocycles. The molecule has 2 aromatic rings. The average Bonchev–Trinajstić information content (AvgIpc) is 2.74. The summed E-state index contributed by atoms with van der Waals surface area (Å²) < 4.78 is 11.1. The molecule has 7 nitrogen and oxygen atoms in total. The second kappa shape index (κ2) is 9.41. The van der Waals surface area contributed by atoms with E-state index in [4.69, 9.17) is 9.47 Å². The first kappa shape index (κ1) is 20.6. The Bertz CT molecular complexity index is 860. The molecular formula is C22H26N2O5. The monoisotopic (exact) mass is 398 g/mol. The third-order valence-corrected chi connectivity index (χ3v) is 5.20. The van der Waals surface area contributed by atoms with E-state index in [1.807, 2.05) is 0 Å². The molecule has 0 aliphatic heterocycles. The third kappa shape index (κ3) is 5.25. The summed E-state index contributed by atoms with van der Waals surface area (Å²) in [6.45, 7) is 1.69. The van der Waals surface area contributed by atoms with Gasteiger partial charge in [-0.25, -0.2) is 0 Å². The van der Waals surface area contributed by atoms with Crippen LogP contribution in [-0.4, -0.2) is 30.1 Å². The van der Waals surface area contributed by atoms with Gasteiger partial charge >= 0.3 is 0 Å². The third-order valence-electron chi connectivity index (χ3n) is 5.20. The highest BCUT2D eigenvalue weighted by Gasteiger charge is 2.22. The SMILES string of the molecule is COc1ccc(-c2cc([N+](=O)[O-])ccc2O[C@@H](C)C(=O)NC2CCCCC2)cc1. The minimum absolute atomic E-state index is 0.0394. The number of nitrogens with zero attached hydrogens (tertiary/aromatic N) is 1. The van der Waals surface area contributed by atoms with Gasteiger partial charge in [0.1, 0.15) is 11.5 Å². The molecule has 0 radical (unpaired) electrons. The lowest BCUT2D eigenvalue weighted by atomic mass is 9.95. The summed E-state index contributed by atoms with van der Waals surface area (Å²) in [5.74, 6) is 0.935. The molecule has 1 atom stereocenters. The zero-order chi connectivity index (χ0) is 20.8. The van der Waals surface area contributed by atoms with Gasteiger partial charge in [-0.2, -0.15) is 0 Å². The van der Waals surface area contributed by atoms with E-state index in [0.29, 0.717) is 17.1 Å². The summed E-state index contributed by atoms with van der Waals surface area (Å²) in [6.07, 6.45) is 4.75. The number of rotatable bonds is 7. The Morgan fingerprint density at radius 2 is 1.83 bits per heavy atom. The maximum atomic E-state index is 12.6. The highest BCUT2D eigenvalue weighted by Crippen LogP contribution is 2.35. The molecule has 0 bridgehead atoms. The Kier molecular flexibility index (Phi) is 6.69. The largest absolute Gasteiger partial charge is 0.497 e. The van der Waals surface area contributed by atoms with Crippen LogP contribution in [0.15, 0.2) is 42.5 Å². The van der Waals surface area contributed by atoms with Gasteiger partial charge < -0.3 is 14.8 Å². The molecule has 154 valence electrons. The molecule has 2 aromatic carbocycles. The summed E-state index contributed by atoms with van der Waals surface area (Å²) in [5.41, 5.74) is 1.26. The van der Waals surface area contributed by atoms with Crippen molar-refractivity contribution >= 4 is 11.6 Å². The van der Waals surface area contributed by atoms with Crippen molar-refractivity contribution in [3.8, 4) is 22.6 Å². The fourth-order valence-electron chi connectivity index (χ4n) is 3.54. The Balaban J connectivity index is 1.81. The molecule has 0 unspecified atom stereocenters. The second-order valence-electron chi connectivity index (χ2n) is 7.27. The molecule has 1 aliphatic carbocycles. The zero-order valence-corrected chi connectivity index (χ0v) is 16.7. The number of nitrogens with one attached hydrogen (secondary N) is 1. The second-order valence-corrected chi connectivity index (χ2v) is 7.27. The minimum atomic E-state index is -0.713. The first-order chi connectivity index (χ1) is 14.0. The van der Waals surface area contributed by atoms with Gasteiger partial charge in [-0.1, -0.05) is 31.4 Å². The number of ether oxygens (including phenoxy) is 2. The van der Waals surface area contributed by atoms with Crippen LogP contribution in [0, 0.1) is 10.1 Å². The molecule has 1 fully saturated rings. The van der Waals surface area contributed by atoms with Gasteiger partial charge in [0.05, 0.1) is 12.0 Å². The number of hydrogen-bond donors (Lipinski definition) is 1.